The maximum Gasteiger partial charge on any atom is 0.141 e. The Labute approximate surface area is 160 Å². The Morgan fingerprint density at radius 1 is 0.542 bits per heavy atom. The number of benzene rings is 2. The van der Waals surface area contributed by atoms with Crippen molar-refractivity contribution in [3.63, 3.8) is 0 Å². The molecule has 24 heavy (non-hydrogen) atoms. The molecule has 6 heteroatoms. The van der Waals surface area contributed by atoms with Gasteiger partial charge in [0.25, 0.3) is 0 Å². The van der Waals surface area contributed by atoms with Gasteiger partial charge in [0.1, 0.15) is 22.5 Å². The van der Waals surface area contributed by atoms with E-state index in [1.807, 2.05) is 36.4 Å². The van der Waals surface area contributed by atoms with Gasteiger partial charge in [-0.1, -0.05) is 36.4 Å². The van der Waals surface area contributed by atoms with E-state index in [2.05, 4.69) is 9.97 Å². The van der Waals surface area contributed by atoms with Crippen LogP contribution in [0, 0.1) is 0 Å². The molecule has 130 valence electrons. The smallest absolute Gasteiger partial charge is 0.141 e. The normalized spacial score (nSPS) is 9.33. The van der Waals surface area contributed by atoms with Crippen LogP contribution in [0.3, 0.4) is 0 Å². The molecule has 4 rings (SSSR count). The summed E-state index contributed by atoms with van der Waals surface area (Å²) in [4.78, 5) is 8.06. The monoisotopic (exact) mass is 416 g/mol. The van der Waals surface area contributed by atoms with Gasteiger partial charge in [0.2, 0.25) is 0 Å². The number of phenols is 2. The zero-order valence-electron chi connectivity index (χ0n) is 12.3. The molecule has 0 amide bonds. The van der Waals surface area contributed by atoms with Crippen molar-refractivity contribution in [1.82, 2.24) is 9.97 Å². The van der Waals surface area contributed by atoms with Crippen LogP contribution < -0.4 is 0 Å². The van der Waals surface area contributed by atoms with E-state index in [1.165, 1.54) is 0 Å². The van der Waals surface area contributed by atoms with Crippen molar-refractivity contribution >= 4 is 21.8 Å². The van der Waals surface area contributed by atoms with E-state index in [0.717, 1.165) is 10.8 Å². The van der Waals surface area contributed by atoms with E-state index < -0.39 is 0 Å². The molecule has 0 saturated carbocycles. The summed E-state index contributed by atoms with van der Waals surface area (Å²) in [7, 11) is 0. The second-order valence-corrected chi connectivity index (χ2v) is 4.70. The maximum absolute atomic E-state index is 9.31. The average Bonchev–Trinajstić information content (AvgIpc) is 2.57. The molecule has 0 aliphatic carbocycles. The van der Waals surface area contributed by atoms with Gasteiger partial charge in [0.05, 0.1) is 0 Å². The summed E-state index contributed by atoms with van der Waals surface area (Å²) < 4.78 is 0. The molecule has 0 bridgehead atoms. The van der Waals surface area contributed by atoms with Gasteiger partial charge < -0.3 is 10.2 Å². The Hall–Kier alpha value is -2.10. The number of nitrogens with zero attached hydrogens (tertiary/aromatic N) is 2. The first-order chi connectivity index (χ1) is 10.8. The summed E-state index contributed by atoms with van der Waals surface area (Å²) in [6.07, 6.45) is 3.34. The summed E-state index contributed by atoms with van der Waals surface area (Å²) in [6.45, 7) is 0. The van der Waals surface area contributed by atoms with E-state index in [4.69, 9.17) is 0 Å². The second kappa shape index (κ2) is 9.26. The Bertz CT molecular complexity index is 845. The van der Waals surface area contributed by atoms with Crippen LogP contribution in [0.4, 0.5) is 0 Å². The van der Waals surface area contributed by atoms with Gasteiger partial charge in [0, 0.05) is 57.3 Å². The minimum Gasteiger partial charge on any atom is -0.506 e. The van der Waals surface area contributed by atoms with Gasteiger partial charge in [-0.3, -0.25) is 9.97 Å². The predicted octanol–water partition coefficient (Wildman–Crippen LogP) is 3.88. The topological polar surface area (TPSA) is 66.2 Å². The fourth-order valence-electron chi connectivity index (χ4n) is 2.18. The fraction of sp³-hybridized carbons (Fsp3) is 0. The summed E-state index contributed by atoms with van der Waals surface area (Å²) in [6, 6.07) is 18.3. The second-order valence-electron chi connectivity index (χ2n) is 4.70. The number of aromatic nitrogens is 2. The quantitative estimate of drug-likeness (QED) is 0.426. The van der Waals surface area contributed by atoms with Crippen molar-refractivity contribution in [1.29, 1.82) is 0 Å². The first kappa shape index (κ1) is 19.9. The number of rotatable bonds is 0. The van der Waals surface area contributed by atoms with E-state index in [-0.39, 0.29) is 45.6 Å². The molecule has 4 nitrogen and oxygen atoms in total. The van der Waals surface area contributed by atoms with E-state index in [0.29, 0.717) is 11.0 Å². The zero-order chi connectivity index (χ0) is 15.4. The van der Waals surface area contributed by atoms with Crippen molar-refractivity contribution in [2.24, 2.45) is 0 Å². The van der Waals surface area contributed by atoms with Crippen LogP contribution in [0.5, 0.6) is 11.5 Å². The maximum atomic E-state index is 9.31. The summed E-state index contributed by atoms with van der Waals surface area (Å²) >= 11 is 0. The average molecular weight is 417 g/mol. The van der Waals surface area contributed by atoms with Gasteiger partial charge in [-0.05, 0) is 24.3 Å². The van der Waals surface area contributed by atoms with Gasteiger partial charge in [-0.25, -0.2) is 0 Å². The molecule has 2 aromatic heterocycles. The minimum absolute atomic E-state index is 0. The molecule has 2 aromatic carbocycles. The molecule has 0 unspecified atom stereocenters. The van der Waals surface area contributed by atoms with Crippen LogP contribution >= 0.6 is 0 Å². The van der Waals surface area contributed by atoms with E-state index in [9.17, 15) is 10.2 Å². The molecule has 0 aliphatic heterocycles. The van der Waals surface area contributed by atoms with Crippen LogP contribution in [-0.2, 0) is 34.1 Å². The van der Waals surface area contributed by atoms with Crippen molar-refractivity contribution in [3.8, 4) is 11.5 Å². The SMILES string of the molecule is Oc1cccc2cccnc12.Oc1cccc2cccnc12.[Cu].[Cu]. The Morgan fingerprint density at radius 2 is 0.917 bits per heavy atom. The molecule has 0 spiro atoms. The van der Waals surface area contributed by atoms with Crippen LogP contribution in [0.15, 0.2) is 73.1 Å². The molecule has 2 heterocycles. The van der Waals surface area contributed by atoms with Gasteiger partial charge >= 0.3 is 0 Å². The van der Waals surface area contributed by atoms with Gasteiger partial charge in [-0.15, -0.1) is 0 Å². The molecule has 0 aliphatic rings. The zero-order valence-corrected chi connectivity index (χ0v) is 14.2. The predicted molar refractivity (Wildman–Crippen MR) is 86.8 cm³/mol. The summed E-state index contributed by atoms with van der Waals surface area (Å²) in [5.74, 6) is 0.478. The molecule has 0 saturated heterocycles. The van der Waals surface area contributed by atoms with Crippen LogP contribution in [0.25, 0.3) is 21.8 Å². The van der Waals surface area contributed by atoms with E-state index >= 15 is 0 Å². The van der Waals surface area contributed by atoms with Crippen LogP contribution in [-0.4, -0.2) is 20.2 Å². The number of fused-ring (bicyclic) bond motifs is 2. The fourth-order valence-corrected chi connectivity index (χ4v) is 2.18. The molecule has 2 radical (unpaired) electrons. The Morgan fingerprint density at radius 3 is 1.29 bits per heavy atom. The summed E-state index contributed by atoms with van der Waals surface area (Å²) in [5.41, 5.74) is 1.32. The number of pyridine rings is 2. The number of hydrogen-bond acceptors (Lipinski definition) is 4. The van der Waals surface area contributed by atoms with E-state index in [1.54, 1.807) is 36.7 Å². The van der Waals surface area contributed by atoms with Crippen molar-refractivity contribution in [2.75, 3.05) is 0 Å². The standard InChI is InChI=1S/2C9H7NO.2Cu/c2*11-8-5-1-3-7-4-2-6-10-9(7)8;;/h2*1-6,11H;;. The molecule has 2 N–H and O–H groups in total. The van der Waals surface area contributed by atoms with Crippen LogP contribution in [0.1, 0.15) is 0 Å². The number of hydrogen-bond donors (Lipinski definition) is 2. The van der Waals surface area contributed by atoms with Crippen molar-refractivity contribution in [3.05, 3.63) is 73.1 Å². The Balaban J connectivity index is 0.000000222. The molecule has 4 aromatic rings. The Kier molecular flexibility index (Phi) is 7.69. The third-order valence-corrected chi connectivity index (χ3v) is 3.22. The number of aromatic hydroxyl groups is 2. The number of phenolic OH excluding ortho intramolecular Hbond substituents is 2. The molecular weight excluding hydrogens is 403 g/mol. The minimum atomic E-state index is 0. The van der Waals surface area contributed by atoms with Crippen molar-refractivity contribution < 1.29 is 44.4 Å². The number of para-hydroxylation sites is 2. The van der Waals surface area contributed by atoms with Gasteiger partial charge in [0.15, 0.2) is 0 Å². The van der Waals surface area contributed by atoms with Crippen LogP contribution in [0.2, 0.25) is 0 Å². The summed E-state index contributed by atoms with van der Waals surface area (Å²) in [5, 5.41) is 20.5. The first-order valence-corrected chi connectivity index (χ1v) is 6.81. The largest absolute Gasteiger partial charge is 0.506 e. The molecule has 0 fully saturated rings. The molecular formula is C18H14Cu2N2O2. The third-order valence-electron chi connectivity index (χ3n) is 3.22. The molecule has 0 atom stereocenters. The van der Waals surface area contributed by atoms with Crippen molar-refractivity contribution in [2.45, 2.75) is 0 Å². The third kappa shape index (κ3) is 4.46. The van der Waals surface area contributed by atoms with Gasteiger partial charge in [-0.2, -0.15) is 0 Å². The first-order valence-electron chi connectivity index (χ1n) is 6.81.